The van der Waals surface area contributed by atoms with E-state index in [0.29, 0.717) is 0 Å². The largest absolute Gasteiger partial charge is 0.394 e. The third kappa shape index (κ3) is 2.47. The molecule has 17 heavy (non-hydrogen) atoms. The van der Waals surface area contributed by atoms with Gasteiger partial charge in [0.2, 0.25) is 5.03 Å². The molecule has 0 spiro atoms. The lowest BCUT2D eigenvalue weighted by Crippen LogP contribution is -2.47. The second-order valence-electron chi connectivity index (χ2n) is 4.39. The van der Waals surface area contributed by atoms with Gasteiger partial charge in [0.05, 0.1) is 18.5 Å². The van der Waals surface area contributed by atoms with Crippen LogP contribution >= 0.6 is 11.6 Å². The van der Waals surface area contributed by atoms with Gasteiger partial charge in [0.25, 0.3) is 10.0 Å². The zero-order chi connectivity index (χ0) is 13.4. The zero-order valence-electron chi connectivity index (χ0n) is 10.2. The summed E-state index contributed by atoms with van der Waals surface area (Å²) in [6, 6.07) is 0. The first-order valence-corrected chi connectivity index (χ1v) is 6.73. The third-order valence-electron chi connectivity index (χ3n) is 2.68. The molecule has 0 aliphatic rings. The number of sulfonamides is 1. The van der Waals surface area contributed by atoms with Crippen LogP contribution in [0.5, 0.6) is 0 Å². The van der Waals surface area contributed by atoms with Crippen molar-refractivity contribution in [3.63, 3.8) is 0 Å². The number of aromatic nitrogens is 2. The van der Waals surface area contributed by atoms with Crippen LogP contribution in [0, 0.1) is 0 Å². The normalized spacial score (nSPS) is 13.4. The number of hydrogen-bond acceptors (Lipinski definition) is 4. The predicted octanol–water partition coefficient (Wildman–Crippen LogP) is 0.465. The lowest BCUT2D eigenvalue weighted by molar-refractivity contribution is 0.137. The Balaban J connectivity index is 3.26. The number of hydrogen-bond donors (Lipinski definition) is 1. The van der Waals surface area contributed by atoms with Crippen LogP contribution < -0.4 is 0 Å². The molecule has 1 rings (SSSR count). The van der Waals surface area contributed by atoms with Gasteiger partial charge in [0.1, 0.15) is 5.15 Å². The maximum Gasteiger partial charge on any atom is 0.263 e. The van der Waals surface area contributed by atoms with Crippen molar-refractivity contribution in [2.75, 3.05) is 13.7 Å². The zero-order valence-corrected chi connectivity index (χ0v) is 11.7. The molecule has 0 saturated carbocycles. The molecule has 1 heterocycles. The van der Waals surface area contributed by atoms with E-state index < -0.39 is 15.6 Å². The summed E-state index contributed by atoms with van der Waals surface area (Å²) < 4.78 is 26.9. The molecule has 0 aliphatic heterocycles. The summed E-state index contributed by atoms with van der Waals surface area (Å²) in [6.07, 6.45) is 1.33. The summed E-state index contributed by atoms with van der Waals surface area (Å²) in [6.45, 7) is 2.93. The van der Waals surface area contributed by atoms with Crippen LogP contribution in [0.2, 0.25) is 5.15 Å². The Labute approximate surface area is 106 Å². The van der Waals surface area contributed by atoms with E-state index in [1.807, 2.05) is 0 Å². The summed E-state index contributed by atoms with van der Waals surface area (Å²) in [5, 5.41) is 9.03. The fourth-order valence-corrected chi connectivity index (χ4v) is 3.01. The van der Waals surface area contributed by atoms with Gasteiger partial charge in [-0.1, -0.05) is 11.6 Å². The summed E-state index contributed by atoms with van der Waals surface area (Å²) in [5.74, 6) is 0. The van der Waals surface area contributed by atoms with E-state index in [2.05, 4.69) is 4.98 Å². The average molecular weight is 282 g/mol. The molecule has 0 aromatic carbocycles. The topological polar surface area (TPSA) is 75.4 Å². The van der Waals surface area contributed by atoms with Gasteiger partial charge in [0, 0.05) is 14.1 Å². The van der Waals surface area contributed by atoms with Gasteiger partial charge < -0.3 is 9.67 Å². The number of halogens is 1. The number of likely N-dealkylation sites (N-methyl/N-ethyl adjacent to an activating group) is 1. The van der Waals surface area contributed by atoms with Gasteiger partial charge in [-0.3, -0.25) is 0 Å². The van der Waals surface area contributed by atoms with Crippen LogP contribution in [0.3, 0.4) is 0 Å². The fourth-order valence-electron chi connectivity index (χ4n) is 1.12. The van der Waals surface area contributed by atoms with E-state index in [1.165, 1.54) is 17.9 Å². The van der Waals surface area contributed by atoms with Gasteiger partial charge >= 0.3 is 0 Å². The molecule has 8 heteroatoms. The second kappa shape index (κ2) is 4.56. The van der Waals surface area contributed by atoms with Crippen molar-refractivity contribution in [1.29, 1.82) is 0 Å². The minimum Gasteiger partial charge on any atom is -0.394 e. The van der Waals surface area contributed by atoms with Crippen molar-refractivity contribution >= 4 is 21.6 Å². The molecule has 1 aromatic rings. The molecular weight excluding hydrogens is 266 g/mol. The number of imidazole rings is 1. The van der Waals surface area contributed by atoms with E-state index in [9.17, 15) is 13.5 Å². The van der Waals surface area contributed by atoms with Gasteiger partial charge in [0.15, 0.2) is 0 Å². The Morgan fingerprint density at radius 3 is 2.47 bits per heavy atom. The Kier molecular flexibility index (Phi) is 3.87. The standard InChI is InChI=1S/C9H16ClN3O3S/c1-9(2,5-14)13(4)17(15,16)8-7(10)12(3)6-11-8/h6,14H,5H2,1-4H3. The van der Waals surface area contributed by atoms with Crippen LogP contribution in [0.1, 0.15) is 13.8 Å². The molecule has 0 saturated heterocycles. The van der Waals surface area contributed by atoms with E-state index in [-0.39, 0.29) is 16.8 Å². The molecule has 0 amide bonds. The maximum atomic E-state index is 12.2. The molecule has 0 aliphatic carbocycles. The van der Waals surface area contributed by atoms with Crippen molar-refractivity contribution in [2.45, 2.75) is 24.4 Å². The first kappa shape index (κ1) is 14.4. The SMILES string of the molecule is CN(C(C)(C)CO)S(=O)(=O)c1ncn(C)c1Cl. The molecule has 6 nitrogen and oxygen atoms in total. The molecule has 0 fully saturated rings. The Morgan fingerprint density at radius 2 is 2.12 bits per heavy atom. The molecule has 1 N–H and O–H groups in total. The first-order chi connectivity index (χ1) is 7.64. The number of aliphatic hydroxyl groups excluding tert-OH is 1. The number of aliphatic hydroxyl groups is 1. The van der Waals surface area contributed by atoms with E-state index in [1.54, 1.807) is 20.9 Å². The van der Waals surface area contributed by atoms with Crippen LogP contribution in [-0.4, -0.2) is 46.6 Å². The summed E-state index contributed by atoms with van der Waals surface area (Å²) in [7, 11) is -0.821. The number of nitrogens with zero attached hydrogens (tertiary/aromatic N) is 3. The minimum atomic E-state index is -3.81. The van der Waals surface area contributed by atoms with E-state index >= 15 is 0 Å². The van der Waals surface area contributed by atoms with Crippen molar-refractivity contribution in [2.24, 2.45) is 7.05 Å². The van der Waals surface area contributed by atoms with E-state index in [0.717, 1.165) is 4.31 Å². The molecule has 0 unspecified atom stereocenters. The second-order valence-corrected chi connectivity index (χ2v) is 6.64. The highest BCUT2D eigenvalue weighted by molar-refractivity contribution is 7.89. The fraction of sp³-hybridized carbons (Fsp3) is 0.667. The number of aryl methyl sites for hydroxylation is 1. The maximum absolute atomic E-state index is 12.2. The summed E-state index contributed by atoms with van der Waals surface area (Å²) >= 11 is 5.86. The Hall–Kier alpha value is -0.630. The summed E-state index contributed by atoms with van der Waals surface area (Å²) in [4.78, 5) is 3.78. The molecular formula is C9H16ClN3O3S. The number of rotatable bonds is 4. The highest BCUT2D eigenvalue weighted by Gasteiger charge is 2.36. The quantitative estimate of drug-likeness (QED) is 0.870. The first-order valence-electron chi connectivity index (χ1n) is 4.91. The lowest BCUT2D eigenvalue weighted by atomic mass is 10.1. The highest BCUT2D eigenvalue weighted by Crippen LogP contribution is 2.26. The molecule has 98 valence electrons. The van der Waals surface area contributed by atoms with Crippen LogP contribution in [-0.2, 0) is 17.1 Å². The summed E-state index contributed by atoms with van der Waals surface area (Å²) in [5.41, 5.74) is -0.917. The van der Waals surface area contributed by atoms with E-state index in [4.69, 9.17) is 11.6 Å². The van der Waals surface area contributed by atoms with Gasteiger partial charge in [-0.25, -0.2) is 13.4 Å². The molecule has 1 aromatic heterocycles. The predicted molar refractivity (Wildman–Crippen MR) is 64.3 cm³/mol. The van der Waals surface area contributed by atoms with Crippen molar-refractivity contribution < 1.29 is 13.5 Å². The molecule has 0 radical (unpaired) electrons. The monoisotopic (exact) mass is 281 g/mol. The highest BCUT2D eigenvalue weighted by atomic mass is 35.5. The van der Waals surface area contributed by atoms with Gasteiger partial charge in [-0.2, -0.15) is 4.31 Å². The smallest absolute Gasteiger partial charge is 0.263 e. The Bertz CT molecular complexity index is 510. The molecule has 0 bridgehead atoms. The van der Waals surface area contributed by atoms with Crippen molar-refractivity contribution in [3.05, 3.63) is 11.5 Å². The third-order valence-corrected chi connectivity index (χ3v) is 5.24. The van der Waals surface area contributed by atoms with Gasteiger partial charge in [-0.05, 0) is 13.8 Å². The molecule has 0 atom stereocenters. The van der Waals surface area contributed by atoms with Crippen LogP contribution in [0.15, 0.2) is 11.4 Å². The Morgan fingerprint density at radius 1 is 1.59 bits per heavy atom. The van der Waals surface area contributed by atoms with Crippen LogP contribution in [0.25, 0.3) is 0 Å². The average Bonchev–Trinajstić information content (AvgIpc) is 2.59. The lowest BCUT2D eigenvalue weighted by Gasteiger charge is -2.32. The van der Waals surface area contributed by atoms with Crippen molar-refractivity contribution in [1.82, 2.24) is 13.9 Å². The minimum absolute atomic E-state index is 0.0468. The van der Waals surface area contributed by atoms with Crippen molar-refractivity contribution in [3.8, 4) is 0 Å². The van der Waals surface area contributed by atoms with Crippen LogP contribution in [0.4, 0.5) is 0 Å². The van der Waals surface area contributed by atoms with Gasteiger partial charge in [-0.15, -0.1) is 0 Å².